The van der Waals surface area contributed by atoms with Gasteiger partial charge in [0.25, 0.3) is 0 Å². The van der Waals surface area contributed by atoms with E-state index in [1.165, 1.54) is 0 Å². The van der Waals surface area contributed by atoms with Crippen molar-refractivity contribution < 1.29 is 9.13 Å². The van der Waals surface area contributed by atoms with E-state index >= 15 is 0 Å². The lowest BCUT2D eigenvalue weighted by atomic mass is 10.0. The Morgan fingerprint density at radius 1 is 1.35 bits per heavy atom. The van der Waals surface area contributed by atoms with E-state index in [1.54, 1.807) is 6.07 Å². The summed E-state index contributed by atoms with van der Waals surface area (Å²) in [5.41, 5.74) is 0.931. The van der Waals surface area contributed by atoms with Gasteiger partial charge in [-0.25, -0.2) is 4.39 Å². The number of rotatable bonds is 5. The highest BCUT2D eigenvalue weighted by Gasteiger charge is 2.23. The predicted molar refractivity (Wildman–Crippen MR) is 80.1 cm³/mol. The van der Waals surface area contributed by atoms with Gasteiger partial charge in [0.1, 0.15) is 0 Å². The summed E-state index contributed by atoms with van der Waals surface area (Å²) in [7, 11) is 0. The first-order chi connectivity index (χ1) is 9.67. The molecule has 5 heteroatoms. The number of halogens is 2. The van der Waals surface area contributed by atoms with E-state index in [2.05, 4.69) is 17.1 Å². The van der Waals surface area contributed by atoms with Crippen LogP contribution in [0, 0.1) is 5.82 Å². The second-order valence-electron chi connectivity index (χ2n) is 4.96. The van der Waals surface area contributed by atoms with Crippen LogP contribution in [0.5, 0.6) is 5.75 Å². The van der Waals surface area contributed by atoms with Gasteiger partial charge in [-0.3, -0.25) is 4.90 Å². The molecular formula is C15H22ClFN2O. The van der Waals surface area contributed by atoms with E-state index in [0.29, 0.717) is 11.6 Å². The SMILES string of the molecule is CCOc1c(F)cc([C@@H](CC)N2CCNCC2)cc1Cl. The number of hydrogen-bond acceptors (Lipinski definition) is 3. The molecule has 1 atom stereocenters. The minimum absolute atomic E-state index is 0.160. The van der Waals surface area contributed by atoms with Crippen LogP contribution in [0.3, 0.4) is 0 Å². The quantitative estimate of drug-likeness (QED) is 0.903. The van der Waals surface area contributed by atoms with E-state index < -0.39 is 0 Å². The molecule has 3 nitrogen and oxygen atoms in total. The smallest absolute Gasteiger partial charge is 0.173 e. The molecule has 20 heavy (non-hydrogen) atoms. The average molecular weight is 301 g/mol. The van der Waals surface area contributed by atoms with E-state index in [-0.39, 0.29) is 17.6 Å². The minimum atomic E-state index is -0.372. The van der Waals surface area contributed by atoms with Crippen molar-refractivity contribution in [1.82, 2.24) is 10.2 Å². The summed E-state index contributed by atoms with van der Waals surface area (Å²) in [6.07, 6.45) is 0.934. The standard InChI is InChI=1S/C15H22ClFN2O/c1-3-14(19-7-5-18-6-8-19)11-9-12(16)15(20-4-2)13(17)10-11/h9-10,14,18H,3-8H2,1-2H3/t14-/m1/s1. The van der Waals surface area contributed by atoms with Crippen molar-refractivity contribution in [3.05, 3.63) is 28.5 Å². The Morgan fingerprint density at radius 3 is 2.60 bits per heavy atom. The molecule has 1 heterocycles. The third-order valence-electron chi connectivity index (χ3n) is 3.67. The monoisotopic (exact) mass is 300 g/mol. The molecule has 0 radical (unpaired) electrons. The molecule has 112 valence electrons. The fraction of sp³-hybridized carbons (Fsp3) is 0.600. The maximum absolute atomic E-state index is 14.1. The second kappa shape index (κ2) is 7.25. The molecule has 1 fully saturated rings. The second-order valence-corrected chi connectivity index (χ2v) is 5.36. The Labute approximate surface area is 125 Å². The van der Waals surface area contributed by atoms with Crippen LogP contribution in [0.25, 0.3) is 0 Å². The fourth-order valence-electron chi connectivity index (χ4n) is 2.75. The van der Waals surface area contributed by atoms with Crippen molar-refractivity contribution in [2.45, 2.75) is 26.3 Å². The van der Waals surface area contributed by atoms with Gasteiger partial charge in [0.2, 0.25) is 0 Å². The van der Waals surface area contributed by atoms with Gasteiger partial charge in [-0.05, 0) is 31.0 Å². The van der Waals surface area contributed by atoms with Crippen molar-refractivity contribution >= 4 is 11.6 Å². The summed E-state index contributed by atoms with van der Waals surface area (Å²) < 4.78 is 19.4. The topological polar surface area (TPSA) is 24.5 Å². The van der Waals surface area contributed by atoms with Crippen molar-refractivity contribution in [1.29, 1.82) is 0 Å². The van der Waals surface area contributed by atoms with E-state index in [9.17, 15) is 4.39 Å². The third-order valence-corrected chi connectivity index (χ3v) is 3.95. The van der Waals surface area contributed by atoms with Gasteiger partial charge in [0.05, 0.1) is 11.6 Å². The van der Waals surface area contributed by atoms with Gasteiger partial charge in [0, 0.05) is 32.2 Å². The summed E-state index contributed by atoms with van der Waals surface area (Å²) in [6.45, 7) is 8.25. The first-order valence-electron chi connectivity index (χ1n) is 7.23. The van der Waals surface area contributed by atoms with Crippen LogP contribution >= 0.6 is 11.6 Å². The van der Waals surface area contributed by atoms with Crippen molar-refractivity contribution in [2.75, 3.05) is 32.8 Å². The summed E-state index contributed by atoms with van der Waals surface area (Å²) >= 11 is 6.16. The first-order valence-corrected chi connectivity index (χ1v) is 7.61. The van der Waals surface area contributed by atoms with Gasteiger partial charge >= 0.3 is 0 Å². The molecule has 0 bridgehead atoms. The minimum Gasteiger partial charge on any atom is -0.489 e. The molecule has 0 aromatic heterocycles. The highest BCUT2D eigenvalue weighted by Crippen LogP contribution is 2.34. The molecule has 0 unspecified atom stereocenters. The molecule has 0 spiro atoms. The lowest BCUT2D eigenvalue weighted by molar-refractivity contribution is 0.169. The zero-order valence-corrected chi connectivity index (χ0v) is 12.8. The van der Waals surface area contributed by atoms with Crippen LogP contribution in [0.15, 0.2) is 12.1 Å². The molecule has 0 amide bonds. The summed E-state index contributed by atoms with van der Waals surface area (Å²) in [5, 5.41) is 3.69. The maximum atomic E-state index is 14.1. The highest BCUT2D eigenvalue weighted by atomic mass is 35.5. The van der Waals surface area contributed by atoms with Crippen LogP contribution in [-0.2, 0) is 0 Å². The van der Waals surface area contributed by atoms with Gasteiger partial charge in [-0.1, -0.05) is 18.5 Å². The Kier molecular flexibility index (Phi) is 5.64. The summed E-state index contributed by atoms with van der Waals surface area (Å²) in [4.78, 5) is 2.38. The number of nitrogens with zero attached hydrogens (tertiary/aromatic N) is 1. The fourth-order valence-corrected chi connectivity index (χ4v) is 3.02. The molecule has 1 aromatic carbocycles. The Hall–Kier alpha value is -0.840. The Bertz CT molecular complexity index is 426. The van der Waals surface area contributed by atoms with Gasteiger partial charge < -0.3 is 10.1 Å². The van der Waals surface area contributed by atoms with Crippen LogP contribution in [0.4, 0.5) is 4.39 Å². The zero-order chi connectivity index (χ0) is 14.5. The third kappa shape index (κ3) is 3.43. The molecule has 1 aliphatic heterocycles. The number of piperazine rings is 1. The van der Waals surface area contributed by atoms with Crippen molar-refractivity contribution in [3.63, 3.8) is 0 Å². The zero-order valence-electron chi connectivity index (χ0n) is 12.1. The number of nitrogens with one attached hydrogen (secondary N) is 1. The van der Waals surface area contributed by atoms with Gasteiger partial charge in [-0.15, -0.1) is 0 Å². The van der Waals surface area contributed by atoms with Crippen molar-refractivity contribution in [3.8, 4) is 5.75 Å². The highest BCUT2D eigenvalue weighted by molar-refractivity contribution is 6.32. The summed E-state index contributed by atoms with van der Waals surface area (Å²) in [6, 6.07) is 3.61. The first kappa shape index (κ1) is 15.5. The molecule has 1 saturated heterocycles. The van der Waals surface area contributed by atoms with Gasteiger partial charge in [-0.2, -0.15) is 0 Å². The number of hydrogen-bond donors (Lipinski definition) is 1. The normalized spacial score (nSPS) is 18.0. The number of ether oxygens (including phenoxy) is 1. The van der Waals surface area contributed by atoms with Crippen LogP contribution in [0.1, 0.15) is 31.9 Å². The maximum Gasteiger partial charge on any atom is 0.173 e. The molecular weight excluding hydrogens is 279 g/mol. The molecule has 2 rings (SSSR count). The molecule has 1 aromatic rings. The van der Waals surface area contributed by atoms with Crippen molar-refractivity contribution in [2.24, 2.45) is 0 Å². The molecule has 0 aliphatic carbocycles. The largest absolute Gasteiger partial charge is 0.489 e. The van der Waals surface area contributed by atoms with E-state index in [1.807, 2.05) is 13.0 Å². The number of benzene rings is 1. The molecule has 1 aliphatic rings. The van der Waals surface area contributed by atoms with Crippen LogP contribution < -0.4 is 10.1 Å². The van der Waals surface area contributed by atoms with Crippen LogP contribution in [0.2, 0.25) is 5.02 Å². The van der Waals surface area contributed by atoms with E-state index in [4.69, 9.17) is 16.3 Å². The Balaban J connectivity index is 2.25. The van der Waals surface area contributed by atoms with E-state index in [0.717, 1.165) is 38.2 Å². The average Bonchev–Trinajstić information content (AvgIpc) is 2.45. The molecule has 1 N–H and O–H groups in total. The van der Waals surface area contributed by atoms with Crippen LogP contribution in [-0.4, -0.2) is 37.7 Å². The predicted octanol–water partition coefficient (Wildman–Crippen LogP) is 3.23. The lowest BCUT2D eigenvalue weighted by Crippen LogP contribution is -2.45. The lowest BCUT2D eigenvalue weighted by Gasteiger charge is -2.35. The Morgan fingerprint density at radius 2 is 2.05 bits per heavy atom. The summed E-state index contributed by atoms with van der Waals surface area (Å²) in [5.74, 6) is -0.212. The molecule has 0 saturated carbocycles. The van der Waals surface area contributed by atoms with Gasteiger partial charge in [0.15, 0.2) is 11.6 Å².